The molecule has 0 amide bonds. The van der Waals surface area contributed by atoms with Crippen molar-refractivity contribution >= 4 is 27.2 Å². The SMILES string of the molecule is O=c1c2cccn2c2ccsc2n1Cc1ccccc1. The lowest BCUT2D eigenvalue weighted by Gasteiger charge is -2.09. The highest BCUT2D eigenvalue weighted by Gasteiger charge is 2.11. The van der Waals surface area contributed by atoms with Gasteiger partial charge in [0.1, 0.15) is 10.3 Å². The van der Waals surface area contributed by atoms with E-state index in [1.165, 1.54) is 0 Å². The van der Waals surface area contributed by atoms with Crippen molar-refractivity contribution in [3.05, 3.63) is 76.0 Å². The molecular weight excluding hydrogens is 268 g/mol. The second-order valence-corrected chi connectivity index (χ2v) is 5.65. The van der Waals surface area contributed by atoms with Crippen molar-refractivity contribution in [2.75, 3.05) is 0 Å². The minimum atomic E-state index is 0.0637. The molecule has 3 heterocycles. The Morgan fingerprint density at radius 3 is 2.65 bits per heavy atom. The fourth-order valence-electron chi connectivity index (χ4n) is 2.59. The van der Waals surface area contributed by atoms with Gasteiger partial charge in [-0.1, -0.05) is 30.3 Å². The summed E-state index contributed by atoms with van der Waals surface area (Å²) >= 11 is 1.61. The van der Waals surface area contributed by atoms with Crippen LogP contribution in [-0.2, 0) is 6.54 Å². The number of thiophene rings is 1. The third-order valence-corrected chi connectivity index (χ3v) is 4.45. The van der Waals surface area contributed by atoms with Gasteiger partial charge in [-0.15, -0.1) is 11.3 Å². The summed E-state index contributed by atoms with van der Waals surface area (Å²) < 4.78 is 3.83. The maximum atomic E-state index is 12.7. The van der Waals surface area contributed by atoms with Gasteiger partial charge < -0.3 is 4.40 Å². The Morgan fingerprint density at radius 2 is 1.80 bits per heavy atom. The van der Waals surface area contributed by atoms with Crippen LogP contribution < -0.4 is 5.56 Å². The quantitative estimate of drug-likeness (QED) is 0.553. The lowest BCUT2D eigenvalue weighted by atomic mass is 10.2. The maximum absolute atomic E-state index is 12.7. The predicted octanol–water partition coefficient (Wildman–Crippen LogP) is 3.36. The molecule has 0 fully saturated rings. The number of aromatic nitrogens is 2. The molecule has 1 aromatic carbocycles. The van der Waals surface area contributed by atoms with E-state index in [0.29, 0.717) is 6.54 Å². The van der Waals surface area contributed by atoms with Crippen molar-refractivity contribution in [2.45, 2.75) is 6.54 Å². The molecule has 0 bridgehead atoms. The van der Waals surface area contributed by atoms with E-state index in [0.717, 1.165) is 21.4 Å². The van der Waals surface area contributed by atoms with Crippen LogP contribution in [0.4, 0.5) is 0 Å². The van der Waals surface area contributed by atoms with Gasteiger partial charge in [0.25, 0.3) is 5.56 Å². The van der Waals surface area contributed by atoms with Crippen LogP contribution in [0, 0.1) is 0 Å². The van der Waals surface area contributed by atoms with E-state index in [9.17, 15) is 4.79 Å². The first-order valence-corrected chi connectivity index (χ1v) is 7.33. The van der Waals surface area contributed by atoms with Gasteiger partial charge in [-0.25, -0.2) is 0 Å². The largest absolute Gasteiger partial charge is 0.310 e. The number of nitrogens with zero attached hydrogens (tertiary/aromatic N) is 2. The Hall–Kier alpha value is -2.33. The average molecular weight is 280 g/mol. The number of benzene rings is 1. The fourth-order valence-corrected chi connectivity index (χ4v) is 3.47. The van der Waals surface area contributed by atoms with Crippen molar-refractivity contribution < 1.29 is 0 Å². The van der Waals surface area contributed by atoms with E-state index >= 15 is 0 Å². The van der Waals surface area contributed by atoms with Gasteiger partial charge in [0, 0.05) is 6.20 Å². The summed E-state index contributed by atoms with van der Waals surface area (Å²) in [5.74, 6) is 0. The topological polar surface area (TPSA) is 26.4 Å². The van der Waals surface area contributed by atoms with Crippen LogP contribution >= 0.6 is 11.3 Å². The summed E-state index contributed by atoms with van der Waals surface area (Å²) in [4.78, 5) is 13.7. The number of hydrogen-bond acceptors (Lipinski definition) is 2. The second-order valence-electron chi connectivity index (χ2n) is 4.75. The van der Waals surface area contributed by atoms with Gasteiger partial charge in [0.15, 0.2) is 0 Å². The molecule has 0 aliphatic carbocycles. The Labute approximate surface area is 119 Å². The average Bonchev–Trinajstić information content (AvgIpc) is 3.12. The standard InChI is InChI=1S/C16H12N2OS/c19-15-13-7-4-9-17(13)14-8-10-20-16(14)18(15)11-12-5-2-1-3-6-12/h1-10H,11H2. The van der Waals surface area contributed by atoms with Crippen LogP contribution in [-0.4, -0.2) is 8.97 Å². The van der Waals surface area contributed by atoms with Gasteiger partial charge in [0.2, 0.25) is 0 Å². The first-order chi connectivity index (χ1) is 9.84. The molecule has 0 saturated heterocycles. The molecule has 0 spiro atoms. The molecule has 0 unspecified atom stereocenters. The minimum Gasteiger partial charge on any atom is -0.310 e. The highest BCUT2D eigenvalue weighted by molar-refractivity contribution is 7.16. The summed E-state index contributed by atoms with van der Waals surface area (Å²) in [5, 5.41) is 2.03. The minimum absolute atomic E-state index is 0.0637. The van der Waals surface area contributed by atoms with Crippen LogP contribution in [0.3, 0.4) is 0 Å². The third kappa shape index (κ3) is 1.62. The van der Waals surface area contributed by atoms with Gasteiger partial charge in [-0.2, -0.15) is 0 Å². The van der Waals surface area contributed by atoms with E-state index in [1.54, 1.807) is 11.3 Å². The smallest absolute Gasteiger partial charge is 0.276 e. The number of rotatable bonds is 2. The normalized spacial score (nSPS) is 11.4. The Bertz CT molecular complexity index is 947. The van der Waals surface area contributed by atoms with Crippen molar-refractivity contribution in [3.63, 3.8) is 0 Å². The van der Waals surface area contributed by atoms with Crippen LogP contribution in [0.1, 0.15) is 5.56 Å². The van der Waals surface area contributed by atoms with Gasteiger partial charge in [-0.05, 0) is 29.1 Å². The number of fused-ring (bicyclic) bond motifs is 3. The van der Waals surface area contributed by atoms with Gasteiger partial charge in [0.05, 0.1) is 12.1 Å². The van der Waals surface area contributed by atoms with Crippen molar-refractivity contribution in [1.82, 2.24) is 8.97 Å². The zero-order chi connectivity index (χ0) is 13.5. The fraction of sp³-hybridized carbons (Fsp3) is 0.0625. The summed E-state index contributed by atoms with van der Waals surface area (Å²) in [5.41, 5.74) is 3.02. The molecule has 0 aliphatic rings. The molecule has 3 aromatic heterocycles. The molecule has 3 nitrogen and oxygen atoms in total. The monoisotopic (exact) mass is 280 g/mol. The van der Waals surface area contributed by atoms with Crippen LogP contribution in [0.5, 0.6) is 0 Å². The highest BCUT2D eigenvalue weighted by atomic mass is 32.1. The summed E-state index contributed by atoms with van der Waals surface area (Å²) in [7, 11) is 0. The van der Waals surface area contributed by atoms with Gasteiger partial charge >= 0.3 is 0 Å². The first-order valence-electron chi connectivity index (χ1n) is 6.45. The highest BCUT2D eigenvalue weighted by Crippen LogP contribution is 2.21. The molecule has 0 atom stereocenters. The number of hydrogen-bond donors (Lipinski definition) is 0. The van der Waals surface area contributed by atoms with Crippen LogP contribution in [0.25, 0.3) is 15.9 Å². The molecule has 0 saturated carbocycles. The van der Waals surface area contributed by atoms with Crippen LogP contribution in [0.2, 0.25) is 0 Å². The third-order valence-electron chi connectivity index (χ3n) is 3.53. The molecular formula is C16H12N2OS. The zero-order valence-corrected chi connectivity index (χ0v) is 11.5. The molecule has 20 heavy (non-hydrogen) atoms. The lowest BCUT2D eigenvalue weighted by Crippen LogP contribution is -2.22. The Morgan fingerprint density at radius 1 is 0.950 bits per heavy atom. The summed E-state index contributed by atoms with van der Waals surface area (Å²) in [6.45, 7) is 0.609. The molecule has 4 heteroatoms. The van der Waals surface area contributed by atoms with E-state index < -0.39 is 0 Å². The molecule has 98 valence electrons. The molecule has 0 N–H and O–H groups in total. The predicted molar refractivity (Wildman–Crippen MR) is 82.6 cm³/mol. The van der Waals surface area contributed by atoms with Crippen LogP contribution in [0.15, 0.2) is 64.9 Å². The first kappa shape index (κ1) is 11.5. The van der Waals surface area contributed by atoms with E-state index in [4.69, 9.17) is 0 Å². The van der Waals surface area contributed by atoms with Crippen molar-refractivity contribution in [2.24, 2.45) is 0 Å². The molecule has 0 radical (unpaired) electrons. The van der Waals surface area contributed by atoms with Gasteiger partial charge in [-0.3, -0.25) is 9.36 Å². The summed E-state index contributed by atoms with van der Waals surface area (Å²) in [6, 6.07) is 15.9. The summed E-state index contributed by atoms with van der Waals surface area (Å²) in [6.07, 6.45) is 1.94. The maximum Gasteiger partial charge on any atom is 0.276 e. The Kier molecular flexibility index (Phi) is 2.50. The molecule has 0 aliphatic heterocycles. The van der Waals surface area contributed by atoms with E-state index in [1.807, 2.05) is 63.0 Å². The second kappa shape index (κ2) is 4.35. The van der Waals surface area contributed by atoms with Crippen molar-refractivity contribution in [1.29, 1.82) is 0 Å². The lowest BCUT2D eigenvalue weighted by molar-refractivity contribution is 0.800. The zero-order valence-electron chi connectivity index (χ0n) is 10.7. The van der Waals surface area contributed by atoms with E-state index in [-0.39, 0.29) is 5.56 Å². The van der Waals surface area contributed by atoms with E-state index in [2.05, 4.69) is 6.07 Å². The van der Waals surface area contributed by atoms with Crippen molar-refractivity contribution in [3.8, 4) is 0 Å². The molecule has 4 rings (SSSR count). The Balaban J connectivity index is 2.03. The molecule has 4 aromatic rings.